The van der Waals surface area contributed by atoms with Gasteiger partial charge in [-0.2, -0.15) is 0 Å². The number of hydrazine groups is 1. The molecule has 0 saturated carbocycles. The summed E-state index contributed by atoms with van der Waals surface area (Å²) < 4.78 is 0. The summed E-state index contributed by atoms with van der Waals surface area (Å²) in [6.07, 6.45) is 1.23. The van der Waals surface area contributed by atoms with Gasteiger partial charge in [-0.3, -0.25) is 5.43 Å². The average Bonchev–Trinajstić information content (AvgIpc) is 2.47. The quantitative estimate of drug-likeness (QED) is 0.271. The Kier molecular flexibility index (Phi) is 3.54. The van der Waals surface area contributed by atoms with E-state index in [0.29, 0.717) is 6.04 Å². The fourth-order valence-electron chi connectivity index (χ4n) is 1.58. The van der Waals surface area contributed by atoms with Crippen molar-refractivity contribution in [3.63, 3.8) is 0 Å². The van der Waals surface area contributed by atoms with E-state index in [1.54, 1.807) is 0 Å². The number of nitrogens with one attached hydrogen (secondary N) is 1. The molecule has 13 heavy (non-hydrogen) atoms. The lowest BCUT2D eigenvalue weighted by molar-refractivity contribution is 0.470. The Bertz CT molecular complexity index is 188. The number of hydrogen-bond acceptors (Lipinski definition) is 2. The second-order valence-corrected chi connectivity index (χ2v) is 4.03. The topological polar surface area (TPSA) is 53.6 Å². The number of guanidine groups is 1. The number of rotatable bonds is 1. The highest BCUT2D eigenvalue weighted by molar-refractivity contribution is 5.79. The molecular formula is C9H20N4. The normalized spacial score (nSPS) is 24.2. The van der Waals surface area contributed by atoms with Crippen molar-refractivity contribution in [3.05, 3.63) is 0 Å². The zero-order valence-corrected chi connectivity index (χ0v) is 8.75. The Balaban J connectivity index is 2.57. The van der Waals surface area contributed by atoms with Crippen LogP contribution in [0.3, 0.4) is 0 Å². The second-order valence-electron chi connectivity index (χ2n) is 4.03. The van der Waals surface area contributed by atoms with Crippen LogP contribution in [0.2, 0.25) is 0 Å². The van der Waals surface area contributed by atoms with Gasteiger partial charge in [0.05, 0.1) is 0 Å². The van der Waals surface area contributed by atoms with Crippen molar-refractivity contribution in [2.75, 3.05) is 13.1 Å². The number of aliphatic imine (C=N–C) groups is 1. The third-order valence-electron chi connectivity index (χ3n) is 2.23. The molecule has 0 aliphatic carbocycles. The molecule has 1 atom stereocenters. The Morgan fingerprint density at radius 3 is 2.69 bits per heavy atom. The molecule has 1 aliphatic rings. The van der Waals surface area contributed by atoms with Crippen LogP contribution in [0.5, 0.6) is 0 Å². The number of nitrogens with zero attached hydrogens (tertiary/aromatic N) is 2. The number of likely N-dealkylation sites (tertiary alicyclic amines) is 1. The van der Waals surface area contributed by atoms with E-state index in [2.05, 4.69) is 36.1 Å². The van der Waals surface area contributed by atoms with Crippen molar-refractivity contribution in [1.82, 2.24) is 10.3 Å². The first-order valence-electron chi connectivity index (χ1n) is 4.93. The van der Waals surface area contributed by atoms with E-state index in [0.717, 1.165) is 25.0 Å². The molecule has 1 heterocycles. The molecule has 76 valence electrons. The minimum atomic E-state index is 0.293. The fourth-order valence-corrected chi connectivity index (χ4v) is 1.58. The van der Waals surface area contributed by atoms with Gasteiger partial charge in [0.15, 0.2) is 0 Å². The van der Waals surface area contributed by atoms with Gasteiger partial charge in [0.2, 0.25) is 5.96 Å². The number of hydrogen-bond donors (Lipinski definition) is 2. The van der Waals surface area contributed by atoms with Crippen LogP contribution < -0.4 is 11.3 Å². The van der Waals surface area contributed by atoms with Crippen molar-refractivity contribution in [3.8, 4) is 0 Å². The summed E-state index contributed by atoms with van der Waals surface area (Å²) in [7, 11) is 0. The van der Waals surface area contributed by atoms with Crippen LogP contribution >= 0.6 is 0 Å². The van der Waals surface area contributed by atoms with Gasteiger partial charge in [-0.15, -0.1) is 0 Å². The van der Waals surface area contributed by atoms with Gasteiger partial charge in [0.1, 0.15) is 0 Å². The van der Waals surface area contributed by atoms with Gasteiger partial charge in [-0.05, 0) is 26.2 Å². The molecule has 0 amide bonds. The SMILES string of the molecule is CC1CCN(C(=NC(C)C)NN)C1. The molecule has 0 bridgehead atoms. The molecule has 1 saturated heterocycles. The smallest absolute Gasteiger partial charge is 0.208 e. The van der Waals surface area contributed by atoms with E-state index in [1.807, 2.05) is 0 Å². The van der Waals surface area contributed by atoms with Gasteiger partial charge in [-0.1, -0.05) is 6.92 Å². The largest absolute Gasteiger partial charge is 0.342 e. The van der Waals surface area contributed by atoms with Crippen molar-refractivity contribution in [1.29, 1.82) is 0 Å². The van der Waals surface area contributed by atoms with Crippen LogP contribution in [0.15, 0.2) is 4.99 Å². The molecule has 4 heteroatoms. The predicted molar refractivity (Wildman–Crippen MR) is 55.2 cm³/mol. The van der Waals surface area contributed by atoms with Gasteiger partial charge >= 0.3 is 0 Å². The third kappa shape index (κ3) is 2.88. The monoisotopic (exact) mass is 184 g/mol. The second kappa shape index (κ2) is 4.46. The molecule has 0 aromatic rings. The summed E-state index contributed by atoms with van der Waals surface area (Å²) in [5, 5.41) is 0. The highest BCUT2D eigenvalue weighted by Gasteiger charge is 2.21. The number of nitrogens with two attached hydrogens (primary N) is 1. The van der Waals surface area contributed by atoms with Crippen LogP contribution in [0.1, 0.15) is 27.2 Å². The van der Waals surface area contributed by atoms with Crippen molar-refractivity contribution >= 4 is 5.96 Å². The summed E-state index contributed by atoms with van der Waals surface area (Å²) >= 11 is 0. The Morgan fingerprint density at radius 1 is 1.62 bits per heavy atom. The zero-order valence-electron chi connectivity index (χ0n) is 8.75. The minimum absolute atomic E-state index is 0.293. The van der Waals surface area contributed by atoms with Gasteiger partial charge in [0, 0.05) is 19.1 Å². The van der Waals surface area contributed by atoms with E-state index >= 15 is 0 Å². The van der Waals surface area contributed by atoms with Crippen LogP contribution in [0.25, 0.3) is 0 Å². The van der Waals surface area contributed by atoms with Crippen LogP contribution in [0.4, 0.5) is 0 Å². The van der Waals surface area contributed by atoms with Crippen molar-refractivity contribution in [2.24, 2.45) is 16.8 Å². The molecule has 4 nitrogen and oxygen atoms in total. The van der Waals surface area contributed by atoms with E-state index < -0.39 is 0 Å². The maximum Gasteiger partial charge on any atom is 0.208 e. The van der Waals surface area contributed by atoms with E-state index in [1.165, 1.54) is 6.42 Å². The Morgan fingerprint density at radius 2 is 2.31 bits per heavy atom. The maximum atomic E-state index is 5.42. The molecule has 1 aliphatic heterocycles. The highest BCUT2D eigenvalue weighted by Crippen LogP contribution is 2.14. The Hall–Kier alpha value is -0.770. The van der Waals surface area contributed by atoms with Gasteiger partial charge < -0.3 is 4.90 Å². The summed E-state index contributed by atoms with van der Waals surface area (Å²) in [5.41, 5.74) is 2.67. The highest BCUT2D eigenvalue weighted by atomic mass is 15.4. The van der Waals surface area contributed by atoms with Crippen LogP contribution in [-0.2, 0) is 0 Å². The summed E-state index contributed by atoms with van der Waals surface area (Å²) in [6, 6.07) is 0.293. The average molecular weight is 184 g/mol. The molecular weight excluding hydrogens is 164 g/mol. The lowest BCUT2D eigenvalue weighted by Crippen LogP contribution is -2.44. The third-order valence-corrected chi connectivity index (χ3v) is 2.23. The van der Waals surface area contributed by atoms with E-state index in [-0.39, 0.29) is 0 Å². The van der Waals surface area contributed by atoms with Crippen molar-refractivity contribution < 1.29 is 0 Å². The molecule has 0 aromatic heterocycles. The molecule has 3 N–H and O–H groups in total. The molecule has 1 fully saturated rings. The van der Waals surface area contributed by atoms with Crippen molar-refractivity contribution in [2.45, 2.75) is 33.2 Å². The molecule has 1 unspecified atom stereocenters. The Labute approximate surface area is 80.2 Å². The first-order chi connectivity index (χ1) is 6.13. The minimum Gasteiger partial charge on any atom is -0.342 e. The zero-order chi connectivity index (χ0) is 9.84. The standard InChI is InChI=1S/C9H20N4/c1-7(2)11-9(12-10)13-5-4-8(3)6-13/h7-8H,4-6,10H2,1-3H3,(H,11,12). The van der Waals surface area contributed by atoms with E-state index in [4.69, 9.17) is 5.84 Å². The lowest BCUT2D eigenvalue weighted by Gasteiger charge is -2.20. The summed E-state index contributed by atoms with van der Waals surface area (Å²) in [6.45, 7) is 8.49. The fraction of sp³-hybridized carbons (Fsp3) is 0.889. The van der Waals surface area contributed by atoms with Crippen LogP contribution in [-0.4, -0.2) is 30.0 Å². The molecule has 0 radical (unpaired) electrons. The molecule has 0 spiro atoms. The van der Waals surface area contributed by atoms with Gasteiger partial charge in [-0.25, -0.2) is 10.8 Å². The van der Waals surface area contributed by atoms with Crippen LogP contribution in [0, 0.1) is 5.92 Å². The first-order valence-corrected chi connectivity index (χ1v) is 4.93. The lowest BCUT2D eigenvalue weighted by atomic mass is 10.2. The molecule has 0 aromatic carbocycles. The maximum absolute atomic E-state index is 5.42. The first kappa shape index (κ1) is 10.3. The molecule has 1 rings (SSSR count). The van der Waals surface area contributed by atoms with E-state index in [9.17, 15) is 0 Å². The van der Waals surface area contributed by atoms with Gasteiger partial charge in [0.25, 0.3) is 0 Å². The summed E-state index contributed by atoms with van der Waals surface area (Å²) in [5.74, 6) is 7.01. The predicted octanol–water partition coefficient (Wildman–Crippen LogP) is 0.556. The summed E-state index contributed by atoms with van der Waals surface area (Å²) in [4.78, 5) is 6.63.